The van der Waals surface area contributed by atoms with Crippen molar-refractivity contribution in [3.63, 3.8) is 0 Å². The van der Waals surface area contributed by atoms with Crippen LogP contribution in [0.25, 0.3) is 0 Å². The fourth-order valence-corrected chi connectivity index (χ4v) is 0. The molecule has 44 valence electrons. The smallest absolute Gasteiger partial charge is 1.00 e. The van der Waals surface area contributed by atoms with Crippen molar-refractivity contribution in [2.75, 3.05) is 0 Å². The first-order valence-electron chi connectivity index (χ1n) is 0.698. The Morgan fingerprint density at radius 1 is 1.29 bits per heavy atom. The van der Waals surface area contributed by atoms with Crippen LogP contribution < -0.4 is 29.6 Å². The second-order valence-electron chi connectivity index (χ2n) is 0.448. The first-order valence-corrected chi connectivity index (χ1v) is 2.10. The molecule has 0 aliphatic carbocycles. The van der Waals surface area contributed by atoms with E-state index >= 15 is 0 Å². The van der Waals surface area contributed by atoms with E-state index in [1.54, 1.807) is 0 Å². The van der Waals surface area contributed by atoms with E-state index in [0.29, 0.717) is 0 Å². The first kappa shape index (κ1) is 15.8. The van der Waals surface area contributed by atoms with Gasteiger partial charge in [-0.3, -0.25) is 9.11 Å². The molecule has 0 saturated heterocycles. The third kappa shape index (κ3) is 114. The summed E-state index contributed by atoms with van der Waals surface area (Å²) in [5.41, 5.74) is 0. The number of hydrogen-bond donors (Lipinski definition) is 2. The van der Waals surface area contributed by atoms with Crippen molar-refractivity contribution in [2.45, 2.75) is 0 Å². The van der Waals surface area contributed by atoms with Gasteiger partial charge in [0.2, 0.25) is 0 Å². The van der Waals surface area contributed by atoms with Crippen molar-refractivity contribution >= 4 is 10.4 Å². The Hall–Kier alpha value is 1.36. The van der Waals surface area contributed by atoms with Gasteiger partial charge >= 0.3 is 40.0 Å². The maximum Gasteiger partial charge on any atom is 1.00 e. The molecule has 0 fully saturated rings. The van der Waals surface area contributed by atoms with Crippen LogP contribution in [-0.4, -0.2) is 17.5 Å². The van der Waals surface area contributed by atoms with Gasteiger partial charge in [-0.25, -0.2) is 0 Å². The van der Waals surface area contributed by atoms with Gasteiger partial charge in [-0.15, -0.1) is 0 Å². The normalized spacial score (nSPS) is 8.29. The summed E-state index contributed by atoms with van der Waals surface area (Å²) in [5.74, 6) is 0. The first-order chi connectivity index (χ1) is 2.00. The summed E-state index contributed by atoms with van der Waals surface area (Å²) >= 11 is 0. The maximum absolute atomic E-state index is 8.74. The Bertz CT molecular complexity index is 99.2. The van der Waals surface area contributed by atoms with E-state index in [2.05, 4.69) is 0 Å². The molecule has 7 heavy (non-hydrogen) atoms. The molecule has 7 heteroatoms. The molecule has 4 nitrogen and oxygen atoms in total. The molecule has 0 aliphatic rings. The predicted molar refractivity (Wildman–Crippen MR) is 15.3 cm³/mol. The van der Waals surface area contributed by atoms with Crippen molar-refractivity contribution in [3.8, 4) is 0 Å². The van der Waals surface area contributed by atoms with Gasteiger partial charge < -0.3 is 1.43 Å². The summed E-state index contributed by atoms with van der Waals surface area (Å²) < 4.78 is 31.6. The molecule has 0 aromatic heterocycles. The third-order valence-electron chi connectivity index (χ3n) is 0. The minimum atomic E-state index is -4.67. The minimum absolute atomic E-state index is 0. The van der Waals surface area contributed by atoms with Crippen LogP contribution >= 0.6 is 0 Å². The van der Waals surface area contributed by atoms with Crippen LogP contribution in [0.4, 0.5) is 0 Å². The van der Waals surface area contributed by atoms with Crippen LogP contribution in [0.1, 0.15) is 1.43 Å². The molecule has 0 atom stereocenters. The van der Waals surface area contributed by atoms with Crippen LogP contribution in [0.5, 0.6) is 0 Å². The Morgan fingerprint density at radius 2 is 1.29 bits per heavy atom. The Balaban J connectivity index is -0.0000000267. The van der Waals surface area contributed by atoms with Crippen LogP contribution in [0, 0.1) is 0 Å². The Morgan fingerprint density at radius 3 is 1.29 bits per heavy atom. The molecule has 0 aromatic rings. The summed E-state index contributed by atoms with van der Waals surface area (Å²) in [6, 6.07) is 0. The largest absolute Gasteiger partial charge is 1.00 e. The molecule has 0 unspecified atom stereocenters. The van der Waals surface area contributed by atoms with E-state index in [4.69, 9.17) is 17.5 Å². The average Bonchev–Trinajstić information content (AvgIpc) is 0.722. The molecule has 0 spiro atoms. The zero-order chi connectivity index (χ0) is 4.50. The van der Waals surface area contributed by atoms with Gasteiger partial charge in [0.15, 0.2) is 0 Å². The molecule has 0 rings (SSSR count). The molecule has 0 saturated carbocycles. The van der Waals surface area contributed by atoms with Gasteiger partial charge in [0.1, 0.15) is 0 Å². The summed E-state index contributed by atoms with van der Waals surface area (Å²) in [6.45, 7) is 0. The van der Waals surface area contributed by atoms with Crippen molar-refractivity contribution in [3.05, 3.63) is 0 Å². The van der Waals surface area contributed by atoms with Crippen LogP contribution in [0.2, 0.25) is 0 Å². The average molecular weight is 181 g/mol. The Kier molecular flexibility index (Phi) is 12.4. The van der Waals surface area contributed by atoms with E-state index in [9.17, 15) is 0 Å². The summed E-state index contributed by atoms with van der Waals surface area (Å²) in [5, 5.41) is 0. The molecule has 0 aromatic carbocycles. The maximum atomic E-state index is 8.74. The molecular weight excluding hydrogens is 178 g/mol. The molecule has 0 bridgehead atoms. The molecule has 2 N–H and O–H groups in total. The SMILES string of the molecule is O=S(=O)(O)O.[H-].[Na+].[Ni]. The Labute approximate surface area is 75.0 Å². The topological polar surface area (TPSA) is 74.6 Å². The molecular formula is H3NaNiO4S. The van der Waals surface area contributed by atoms with Crippen LogP contribution in [0.15, 0.2) is 0 Å². The molecule has 0 aliphatic heterocycles. The standard InChI is InChI=1S/Na.Ni.H2O4S.H/c;;1-5(2,3)4;/h;;(H2,1,2,3,4);/q+1;;;-1. The zero-order valence-corrected chi connectivity index (χ0v) is 7.24. The van der Waals surface area contributed by atoms with E-state index in [1.165, 1.54) is 0 Å². The fraction of sp³-hybridized carbons (Fsp3) is 0. The zero-order valence-electron chi connectivity index (χ0n) is 4.44. The number of hydrogen-bond acceptors (Lipinski definition) is 2. The quantitative estimate of drug-likeness (QED) is 0.299. The van der Waals surface area contributed by atoms with Crippen LogP contribution in [-0.2, 0) is 26.9 Å². The van der Waals surface area contributed by atoms with Gasteiger partial charge in [-0.2, -0.15) is 8.42 Å². The van der Waals surface area contributed by atoms with Crippen LogP contribution in [0.3, 0.4) is 0 Å². The summed E-state index contributed by atoms with van der Waals surface area (Å²) in [4.78, 5) is 0. The van der Waals surface area contributed by atoms with Crippen molar-refractivity contribution in [1.29, 1.82) is 0 Å². The monoisotopic (exact) mass is 180 g/mol. The number of rotatable bonds is 0. The third-order valence-corrected chi connectivity index (χ3v) is 0. The van der Waals surface area contributed by atoms with Gasteiger partial charge in [-0.1, -0.05) is 0 Å². The summed E-state index contributed by atoms with van der Waals surface area (Å²) in [7, 11) is -4.67. The van der Waals surface area contributed by atoms with Gasteiger partial charge in [0, 0.05) is 16.5 Å². The predicted octanol–water partition coefficient (Wildman–Crippen LogP) is -3.54. The van der Waals surface area contributed by atoms with Gasteiger partial charge in [0.25, 0.3) is 0 Å². The second kappa shape index (κ2) is 5.50. The molecule has 0 heterocycles. The van der Waals surface area contributed by atoms with Gasteiger partial charge in [-0.05, 0) is 0 Å². The van der Waals surface area contributed by atoms with E-state index in [0.717, 1.165) is 0 Å². The van der Waals surface area contributed by atoms with E-state index in [1.807, 2.05) is 0 Å². The van der Waals surface area contributed by atoms with Crippen molar-refractivity contribution in [1.82, 2.24) is 0 Å². The second-order valence-corrected chi connectivity index (χ2v) is 1.34. The fourth-order valence-electron chi connectivity index (χ4n) is 0. The summed E-state index contributed by atoms with van der Waals surface area (Å²) in [6.07, 6.45) is 0. The molecule has 0 radical (unpaired) electrons. The van der Waals surface area contributed by atoms with Gasteiger partial charge in [0.05, 0.1) is 0 Å². The molecule has 0 amide bonds. The van der Waals surface area contributed by atoms with E-state index in [-0.39, 0.29) is 47.5 Å². The van der Waals surface area contributed by atoms with Crippen molar-refractivity contribution in [2.24, 2.45) is 0 Å². The van der Waals surface area contributed by atoms with E-state index < -0.39 is 10.4 Å². The van der Waals surface area contributed by atoms with Crippen molar-refractivity contribution < 1.29 is 65.0 Å². The minimum Gasteiger partial charge on any atom is -1.00 e.